The summed E-state index contributed by atoms with van der Waals surface area (Å²) in [5.41, 5.74) is 1.10. The zero-order valence-corrected chi connectivity index (χ0v) is 18.9. The molecule has 2 aromatic rings. The van der Waals surface area contributed by atoms with Crippen LogP contribution in [0.1, 0.15) is 35.7 Å². The molecule has 2 aromatic carbocycles. The number of halogens is 1. The van der Waals surface area contributed by atoms with Crippen LogP contribution in [0.5, 0.6) is 0 Å². The number of carbonyl (C=O) groups is 2. The Labute approximate surface area is 187 Å². The molecule has 2 N–H and O–H groups in total. The van der Waals surface area contributed by atoms with E-state index in [0.717, 1.165) is 18.4 Å². The molecule has 1 saturated heterocycles. The molecule has 0 aromatic heterocycles. The monoisotopic (exact) mass is 463 g/mol. The average molecular weight is 464 g/mol. The Morgan fingerprint density at radius 1 is 1.10 bits per heavy atom. The summed E-state index contributed by atoms with van der Waals surface area (Å²) in [6, 6.07) is 13.5. The Kier molecular flexibility index (Phi) is 7.69. The van der Waals surface area contributed by atoms with E-state index < -0.39 is 10.0 Å². The van der Waals surface area contributed by atoms with E-state index in [0.29, 0.717) is 25.6 Å². The zero-order chi connectivity index (χ0) is 22.4. The molecule has 0 atom stereocenters. The van der Waals surface area contributed by atoms with Crippen molar-refractivity contribution in [2.75, 3.05) is 19.6 Å². The third-order valence-corrected chi connectivity index (χ3v) is 7.20. The van der Waals surface area contributed by atoms with Crippen molar-refractivity contribution < 1.29 is 18.0 Å². The number of likely N-dealkylation sites (tertiary alicyclic amines) is 1. The standard InChI is InChI=1S/C22H26ClN3O4S/c1-16(27)24-14-18-9-11-26(12-10-18)22(28)19-7-8-20(23)21(13-19)31(29,30)25-15-17-5-3-2-4-6-17/h2-8,13,18,25H,9-12,14-15H2,1H3,(H,24,27). The molecule has 31 heavy (non-hydrogen) atoms. The summed E-state index contributed by atoms with van der Waals surface area (Å²) in [4.78, 5) is 25.6. The van der Waals surface area contributed by atoms with Crippen molar-refractivity contribution in [2.24, 2.45) is 5.92 Å². The van der Waals surface area contributed by atoms with Crippen molar-refractivity contribution in [2.45, 2.75) is 31.2 Å². The van der Waals surface area contributed by atoms with Crippen LogP contribution in [0, 0.1) is 5.92 Å². The summed E-state index contributed by atoms with van der Waals surface area (Å²) in [5.74, 6) is 0.0414. The highest BCUT2D eigenvalue weighted by molar-refractivity contribution is 7.89. The molecule has 0 saturated carbocycles. The van der Waals surface area contributed by atoms with E-state index in [1.165, 1.54) is 19.1 Å². The van der Waals surface area contributed by atoms with Gasteiger partial charge in [-0.1, -0.05) is 41.9 Å². The SMILES string of the molecule is CC(=O)NCC1CCN(C(=O)c2ccc(Cl)c(S(=O)(=O)NCc3ccccc3)c2)CC1. The molecule has 0 bridgehead atoms. The van der Waals surface area contributed by atoms with Crippen LogP contribution in [-0.4, -0.2) is 44.8 Å². The Morgan fingerprint density at radius 3 is 2.42 bits per heavy atom. The predicted octanol–water partition coefficient (Wildman–Crippen LogP) is 2.81. The molecular formula is C22H26ClN3O4S. The fraction of sp³-hybridized carbons (Fsp3) is 0.364. The lowest BCUT2D eigenvalue weighted by Gasteiger charge is -2.32. The van der Waals surface area contributed by atoms with Crippen molar-refractivity contribution >= 4 is 33.4 Å². The molecular weight excluding hydrogens is 438 g/mol. The van der Waals surface area contributed by atoms with Crippen LogP contribution in [0.25, 0.3) is 0 Å². The quantitative estimate of drug-likeness (QED) is 0.660. The smallest absolute Gasteiger partial charge is 0.253 e. The van der Waals surface area contributed by atoms with E-state index in [1.807, 2.05) is 30.3 Å². The van der Waals surface area contributed by atoms with E-state index in [1.54, 1.807) is 11.0 Å². The number of carbonyl (C=O) groups excluding carboxylic acids is 2. The van der Waals surface area contributed by atoms with E-state index in [-0.39, 0.29) is 33.8 Å². The van der Waals surface area contributed by atoms with E-state index in [4.69, 9.17) is 11.6 Å². The van der Waals surface area contributed by atoms with Gasteiger partial charge in [0.2, 0.25) is 15.9 Å². The van der Waals surface area contributed by atoms with Crippen LogP contribution in [0.4, 0.5) is 0 Å². The molecule has 1 heterocycles. The van der Waals surface area contributed by atoms with Crippen molar-refractivity contribution in [3.8, 4) is 0 Å². The molecule has 7 nitrogen and oxygen atoms in total. The lowest BCUT2D eigenvalue weighted by atomic mass is 9.96. The number of rotatable bonds is 7. The normalized spacial score (nSPS) is 15.0. The third-order valence-electron chi connectivity index (χ3n) is 5.32. The Morgan fingerprint density at radius 2 is 1.77 bits per heavy atom. The minimum Gasteiger partial charge on any atom is -0.356 e. The zero-order valence-electron chi connectivity index (χ0n) is 17.3. The van der Waals surface area contributed by atoms with E-state index in [9.17, 15) is 18.0 Å². The first kappa shape index (κ1) is 23.2. The van der Waals surface area contributed by atoms with Gasteiger partial charge in [0.25, 0.3) is 5.91 Å². The van der Waals surface area contributed by atoms with Gasteiger partial charge in [-0.05, 0) is 42.5 Å². The number of hydrogen-bond acceptors (Lipinski definition) is 4. The van der Waals surface area contributed by atoms with Crippen molar-refractivity contribution in [3.05, 3.63) is 64.7 Å². The molecule has 9 heteroatoms. The molecule has 3 rings (SSSR count). The summed E-state index contributed by atoms with van der Waals surface area (Å²) < 4.78 is 28.1. The number of amides is 2. The van der Waals surface area contributed by atoms with Gasteiger partial charge in [0.05, 0.1) is 5.02 Å². The number of hydrogen-bond donors (Lipinski definition) is 2. The number of piperidine rings is 1. The highest BCUT2D eigenvalue weighted by Gasteiger charge is 2.26. The topological polar surface area (TPSA) is 95.6 Å². The lowest BCUT2D eigenvalue weighted by Crippen LogP contribution is -2.41. The molecule has 2 amide bonds. The average Bonchev–Trinajstić information content (AvgIpc) is 2.77. The maximum absolute atomic E-state index is 12.9. The number of nitrogens with one attached hydrogen (secondary N) is 2. The lowest BCUT2D eigenvalue weighted by molar-refractivity contribution is -0.119. The number of nitrogens with zero attached hydrogens (tertiary/aromatic N) is 1. The van der Waals surface area contributed by atoms with Gasteiger partial charge >= 0.3 is 0 Å². The molecule has 0 aliphatic carbocycles. The highest BCUT2D eigenvalue weighted by Crippen LogP contribution is 2.25. The fourth-order valence-corrected chi connectivity index (χ4v) is 5.05. The van der Waals surface area contributed by atoms with Crippen LogP contribution in [-0.2, 0) is 21.4 Å². The second kappa shape index (κ2) is 10.3. The number of sulfonamides is 1. The number of benzene rings is 2. The van der Waals surface area contributed by atoms with Gasteiger partial charge in [0.15, 0.2) is 0 Å². The minimum absolute atomic E-state index is 0.0608. The Hall–Kier alpha value is -2.42. The van der Waals surface area contributed by atoms with E-state index in [2.05, 4.69) is 10.0 Å². The summed E-state index contributed by atoms with van der Waals surface area (Å²) in [7, 11) is -3.89. The predicted molar refractivity (Wildman–Crippen MR) is 119 cm³/mol. The molecule has 0 radical (unpaired) electrons. The van der Waals surface area contributed by atoms with Crippen LogP contribution < -0.4 is 10.0 Å². The van der Waals surface area contributed by atoms with Crippen LogP contribution in [0.2, 0.25) is 5.02 Å². The van der Waals surface area contributed by atoms with Gasteiger partial charge in [-0.15, -0.1) is 0 Å². The van der Waals surface area contributed by atoms with Gasteiger partial charge in [0.1, 0.15) is 4.90 Å². The summed E-state index contributed by atoms with van der Waals surface area (Å²) in [5, 5.41) is 2.88. The van der Waals surface area contributed by atoms with E-state index >= 15 is 0 Å². The van der Waals surface area contributed by atoms with Crippen molar-refractivity contribution in [1.29, 1.82) is 0 Å². The highest BCUT2D eigenvalue weighted by atomic mass is 35.5. The maximum atomic E-state index is 12.9. The van der Waals surface area contributed by atoms with Crippen molar-refractivity contribution in [3.63, 3.8) is 0 Å². The second-order valence-electron chi connectivity index (χ2n) is 7.63. The molecule has 0 unspecified atom stereocenters. The molecule has 1 aliphatic rings. The van der Waals surface area contributed by atoms with Crippen LogP contribution in [0.15, 0.2) is 53.4 Å². The molecule has 1 aliphatic heterocycles. The van der Waals surface area contributed by atoms with Crippen LogP contribution in [0.3, 0.4) is 0 Å². The first-order valence-electron chi connectivity index (χ1n) is 10.1. The van der Waals surface area contributed by atoms with Gasteiger partial charge in [-0.25, -0.2) is 13.1 Å². The maximum Gasteiger partial charge on any atom is 0.253 e. The summed E-state index contributed by atoms with van der Waals surface area (Å²) in [6.45, 7) is 3.33. The summed E-state index contributed by atoms with van der Waals surface area (Å²) in [6.07, 6.45) is 1.56. The Balaban J connectivity index is 1.67. The van der Waals surface area contributed by atoms with Gasteiger partial charge in [-0.3, -0.25) is 9.59 Å². The molecule has 0 spiro atoms. The summed E-state index contributed by atoms with van der Waals surface area (Å²) >= 11 is 6.15. The molecule has 1 fully saturated rings. The van der Waals surface area contributed by atoms with Crippen molar-refractivity contribution in [1.82, 2.24) is 14.9 Å². The molecule has 166 valence electrons. The van der Waals surface area contributed by atoms with Crippen LogP contribution >= 0.6 is 11.6 Å². The third kappa shape index (κ3) is 6.29. The van der Waals surface area contributed by atoms with Gasteiger partial charge < -0.3 is 10.2 Å². The largest absolute Gasteiger partial charge is 0.356 e. The van der Waals surface area contributed by atoms with Gasteiger partial charge in [-0.2, -0.15) is 0 Å². The first-order chi connectivity index (χ1) is 14.8. The minimum atomic E-state index is -3.89. The second-order valence-corrected chi connectivity index (χ2v) is 9.77. The Bertz CT molecular complexity index is 1040. The van der Waals surface area contributed by atoms with Gasteiger partial charge in [0, 0.05) is 38.7 Å². The first-order valence-corrected chi connectivity index (χ1v) is 12.0. The fourth-order valence-electron chi connectivity index (χ4n) is 3.51.